The third-order valence-electron chi connectivity index (χ3n) is 2.57. The van der Waals surface area contributed by atoms with E-state index in [2.05, 4.69) is 4.98 Å². The molecule has 0 unspecified atom stereocenters. The van der Waals surface area contributed by atoms with Crippen LogP contribution in [-0.2, 0) is 6.54 Å². The van der Waals surface area contributed by atoms with Crippen LogP contribution < -0.4 is 5.69 Å². The lowest BCUT2D eigenvalue weighted by Crippen LogP contribution is -2.26. The van der Waals surface area contributed by atoms with Crippen molar-refractivity contribution in [2.45, 2.75) is 13.5 Å². The molecule has 19 heavy (non-hydrogen) atoms. The average Bonchev–Trinajstić information content (AvgIpc) is 2.36. The highest BCUT2D eigenvalue weighted by atomic mass is 19.2. The standard InChI is InChI=1S/C13H10F2N2O2/c1-8-4-5-17(13(19)16-8)7-12(18)9-2-3-10(14)11(15)6-9/h2-6H,7H2,1H3. The summed E-state index contributed by atoms with van der Waals surface area (Å²) in [4.78, 5) is 27.0. The molecule has 0 amide bonds. The summed E-state index contributed by atoms with van der Waals surface area (Å²) < 4.78 is 26.9. The Balaban J connectivity index is 2.25. The van der Waals surface area contributed by atoms with Gasteiger partial charge in [0.15, 0.2) is 17.4 Å². The van der Waals surface area contributed by atoms with Gasteiger partial charge in [-0.15, -0.1) is 0 Å². The maximum atomic E-state index is 13.0. The van der Waals surface area contributed by atoms with Crippen molar-refractivity contribution in [2.24, 2.45) is 0 Å². The molecule has 2 rings (SSSR count). The summed E-state index contributed by atoms with van der Waals surface area (Å²) >= 11 is 0. The number of hydrogen-bond acceptors (Lipinski definition) is 3. The van der Waals surface area contributed by atoms with E-state index in [0.29, 0.717) is 5.69 Å². The molecule has 98 valence electrons. The number of ketones is 1. The first kappa shape index (κ1) is 13.1. The minimum atomic E-state index is -1.10. The Morgan fingerprint density at radius 1 is 1.26 bits per heavy atom. The zero-order valence-corrected chi connectivity index (χ0v) is 10.1. The SMILES string of the molecule is Cc1ccn(CC(=O)c2ccc(F)c(F)c2)c(=O)n1. The zero-order chi connectivity index (χ0) is 14.0. The van der Waals surface area contributed by atoms with Gasteiger partial charge in [0.1, 0.15) is 0 Å². The Labute approximate surface area is 107 Å². The van der Waals surface area contributed by atoms with Crippen molar-refractivity contribution >= 4 is 5.78 Å². The molecule has 4 nitrogen and oxygen atoms in total. The van der Waals surface area contributed by atoms with Gasteiger partial charge in [-0.25, -0.2) is 13.6 Å². The van der Waals surface area contributed by atoms with Gasteiger partial charge in [0.2, 0.25) is 0 Å². The lowest BCUT2D eigenvalue weighted by atomic mass is 10.1. The van der Waals surface area contributed by atoms with Gasteiger partial charge in [0.05, 0.1) is 6.54 Å². The number of carbonyl (C=O) groups excluding carboxylic acids is 1. The third-order valence-corrected chi connectivity index (χ3v) is 2.57. The number of aryl methyl sites for hydroxylation is 1. The number of aromatic nitrogens is 2. The topological polar surface area (TPSA) is 52.0 Å². The van der Waals surface area contributed by atoms with E-state index in [1.54, 1.807) is 13.0 Å². The number of nitrogens with zero attached hydrogens (tertiary/aromatic N) is 2. The van der Waals surface area contributed by atoms with Crippen LogP contribution in [0.1, 0.15) is 16.1 Å². The van der Waals surface area contributed by atoms with Gasteiger partial charge in [-0.2, -0.15) is 4.98 Å². The molecule has 0 aliphatic heterocycles. The van der Waals surface area contributed by atoms with Crippen molar-refractivity contribution in [3.05, 3.63) is 63.8 Å². The molecule has 0 radical (unpaired) electrons. The number of carbonyl (C=O) groups is 1. The Morgan fingerprint density at radius 3 is 2.63 bits per heavy atom. The zero-order valence-electron chi connectivity index (χ0n) is 10.1. The van der Waals surface area contributed by atoms with Crippen LogP contribution in [-0.4, -0.2) is 15.3 Å². The molecule has 0 aliphatic carbocycles. The first-order chi connectivity index (χ1) is 8.97. The van der Waals surface area contributed by atoms with Crippen molar-refractivity contribution < 1.29 is 13.6 Å². The van der Waals surface area contributed by atoms with Gasteiger partial charge in [-0.05, 0) is 31.2 Å². The lowest BCUT2D eigenvalue weighted by Gasteiger charge is -2.05. The maximum Gasteiger partial charge on any atom is 0.348 e. The highest BCUT2D eigenvalue weighted by molar-refractivity contribution is 5.95. The summed E-state index contributed by atoms with van der Waals surface area (Å²) in [6.45, 7) is 1.39. The van der Waals surface area contributed by atoms with Crippen LogP contribution in [0.4, 0.5) is 8.78 Å². The van der Waals surface area contributed by atoms with Crippen LogP contribution in [0.3, 0.4) is 0 Å². The summed E-state index contributed by atoms with van der Waals surface area (Å²) in [6.07, 6.45) is 1.43. The second kappa shape index (κ2) is 5.09. The van der Waals surface area contributed by atoms with E-state index in [9.17, 15) is 18.4 Å². The highest BCUT2D eigenvalue weighted by Crippen LogP contribution is 2.09. The normalized spacial score (nSPS) is 10.5. The smallest absolute Gasteiger partial charge is 0.292 e. The molecular formula is C13H10F2N2O2. The number of rotatable bonds is 3. The number of hydrogen-bond donors (Lipinski definition) is 0. The first-order valence-corrected chi connectivity index (χ1v) is 5.50. The number of benzene rings is 1. The third kappa shape index (κ3) is 2.90. The second-order valence-electron chi connectivity index (χ2n) is 4.03. The summed E-state index contributed by atoms with van der Waals surface area (Å²) in [7, 11) is 0. The molecule has 1 aromatic carbocycles. The molecule has 0 aliphatic rings. The van der Waals surface area contributed by atoms with Gasteiger partial charge in [0.25, 0.3) is 0 Å². The summed E-state index contributed by atoms with van der Waals surface area (Å²) in [5.41, 5.74) is -0.0103. The van der Waals surface area contributed by atoms with Crippen LogP contribution in [0.25, 0.3) is 0 Å². The summed E-state index contributed by atoms with van der Waals surface area (Å²) in [6, 6.07) is 4.44. The highest BCUT2D eigenvalue weighted by Gasteiger charge is 2.11. The van der Waals surface area contributed by atoms with Crippen LogP contribution in [0, 0.1) is 18.6 Å². The predicted octanol–water partition coefficient (Wildman–Crippen LogP) is 1.71. The van der Waals surface area contributed by atoms with E-state index in [4.69, 9.17) is 0 Å². The monoisotopic (exact) mass is 264 g/mol. The van der Waals surface area contributed by atoms with Crippen LogP contribution in [0.2, 0.25) is 0 Å². The van der Waals surface area contributed by atoms with Crippen LogP contribution in [0.5, 0.6) is 0 Å². The first-order valence-electron chi connectivity index (χ1n) is 5.50. The molecule has 2 aromatic rings. The van der Waals surface area contributed by atoms with Crippen LogP contribution >= 0.6 is 0 Å². The molecule has 0 bridgehead atoms. The predicted molar refractivity (Wildman–Crippen MR) is 63.9 cm³/mol. The Hall–Kier alpha value is -2.37. The molecule has 0 saturated carbocycles. The fourth-order valence-corrected chi connectivity index (χ4v) is 1.55. The summed E-state index contributed by atoms with van der Waals surface area (Å²) in [5, 5.41) is 0. The molecule has 1 aromatic heterocycles. The Morgan fingerprint density at radius 2 is 2.00 bits per heavy atom. The molecule has 0 fully saturated rings. The lowest BCUT2D eigenvalue weighted by molar-refractivity contribution is 0.0969. The van der Waals surface area contributed by atoms with Crippen molar-refractivity contribution in [3.63, 3.8) is 0 Å². The van der Waals surface area contributed by atoms with Gasteiger partial charge in [0, 0.05) is 17.5 Å². The van der Waals surface area contributed by atoms with E-state index in [1.807, 2.05) is 0 Å². The minimum absolute atomic E-state index is 0.00590. The molecule has 6 heteroatoms. The minimum Gasteiger partial charge on any atom is -0.292 e. The molecule has 0 spiro atoms. The summed E-state index contributed by atoms with van der Waals surface area (Å²) in [5.74, 6) is -2.61. The van der Waals surface area contributed by atoms with Gasteiger partial charge in [-0.3, -0.25) is 9.36 Å². The van der Waals surface area contributed by atoms with Crippen LogP contribution in [0.15, 0.2) is 35.3 Å². The fourth-order valence-electron chi connectivity index (χ4n) is 1.55. The molecular weight excluding hydrogens is 254 g/mol. The van der Waals surface area contributed by atoms with E-state index < -0.39 is 23.1 Å². The Kier molecular flexibility index (Phi) is 3.50. The van der Waals surface area contributed by atoms with Gasteiger partial charge >= 0.3 is 5.69 Å². The Bertz CT molecular complexity index is 695. The quantitative estimate of drug-likeness (QED) is 0.793. The molecule has 0 N–H and O–H groups in total. The number of halogens is 2. The molecule has 0 saturated heterocycles. The van der Waals surface area contributed by atoms with E-state index in [0.717, 1.165) is 16.7 Å². The van der Waals surface area contributed by atoms with Crippen molar-refractivity contribution in [3.8, 4) is 0 Å². The van der Waals surface area contributed by atoms with E-state index >= 15 is 0 Å². The van der Waals surface area contributed by atoms with Crippen molar-refractivity contribution in [1.29, 1.82) is 0 Å². The second-order valence-corrected chi connectivity index (χ2v) is 4.03. The van der Waals surface area contributed by atoms with Gasteiger partial charge in [-0.1, -0.05) is 0 Å². The fraction of sp³-hybridized carbons (Fsp3) is 0.154. The average molecular weight is 264 g/mol. The van der Waals surface area contributed by atoms with E-state index in [1.165, 1.54) is 12.3 Å². The number of Topliss-reactive ketones (excluding diaryl/α,β-unsaturated/α-hetero) is 1. The van der Waals surface area contributed by atoms with Gasteiger partial charge < -0.3 is 0 Å². The maximum absolute atomic E-state index is 13.0. The molecule has 0 atom stereocenters. The molecule has 1 heterocycles. The van der Waals surface area contributed by atoms with E-state index in [-0.39, 0.29) is 12.1 Å². The van der Waals surface area contributed by atoms with Crippen molar-refractivity contribution in [1.82, 2.24) is 9.55 Å². The van der Waals surface area contributed by atoms with Crippen molar-refractivity contribution in [2.75, 3.05) is 0 Å². The largest absolute Gasteiger partial charge is 0.348 e.